The maximum Gasteiger partial charge on any atom is 0.245 e. The molecule has 2 aliphatic rings. The second-order valence-corrected chi connectivity index (χ2v) is 6.93. The van der Waals surface area contributed by atoms with Crippen LogP contribution >= 0.6 is 11.8 Å². The number of rotatable bonds is 5. The van der Waals surface area contributed by atoms with Crippen molar-refractivity contribution in [2.24, 2.45) is 0 Å². The van der Waals surface area contributed by atoms with Gasteiger partial charge in [0.2, 0.25) is 5.91 Å². The normalized spacial score (nSPS) is 22.1. The number of carbonyl (C=O) groups is 1. The van der Waals surface area contributed by atoms with E-state index >= 15 is 0 Å². The summed E-state index contributed by atoms with van der Waals surface area (Å²) in [6.45, 7) is 1.73. The van der Waals surface area contributed by atoms with E-state index in [2.05, 4.69) is 20.2 Å². The maximum atomic E-state index is 13.3. The van der Waals surface area contributed by atoms with Gasteiger partial charge in [-0.3, -0.25) is 9.78 Å². The molecule has 0 aliphatic carbocycles. The molecule has 1 N–H and O–H groups in total. The van der Waals surface area contributed by atoms with Crippen LogP contribution in [0.2, 0.25) is 0 Å². The van der Waals surface area contributed by atoms with Crippen LogP contribution in [-0.2, 0) is 4.79 Å². The van der Waals surface area contributed by atoms with E-state index in [4.69, 9.17) is 0 Å². The van der Waals surface area contributed by atoms with E-state index in [1.165, 1.54) is 0 Å². The predicted molar refractivity (Wildman–Crippen MR) is 93.5 cm³/mol. The van der Waals surface area contributed by atoms with Gasteiger partial charge in [-0.05, 0) is 12.7 Å². The molecule has 8 heteroatoms. The average Bonchev–Trinajstić information content (AvgIpc) is 3.02. The van der Waals surface area contributed by atoms with E-state index in [0.29, 0.717) is 26.1 Å². The molecule has 1 amide bonds. The molecule has 6 nitrogen and oxygen atoms in total. The number of nitrogens with zero attached hydrogens (tertiary/aromatic N) is 4. The standard InChI is InChI=1S/C16H22FN5OS/c1-21(12-3-5-18-15(23)7-12)16(24-2)13-8-20-14(9-19-13)22-6-4-11(17)10-22/h7-9,11,16H,3-6,10H2,1-2H3,(H,18,23). The summed E-state index contributed by atoms with van der Waals surface area (Å²) in [4.78, 5) is 24.6. The topological polar surface area (TPSA) is 61.4 Å². The number of carbonyl (C=O) groups excluding carboxylic acids is 1. The molecule has 3 heterocycles. The third-order valence-electron chi connectivity index (χ3n) is 4.37. The first kappa shape index (κ1) is 17.0. The van der Waals surface area contributed by atoms with Crippen molar-refractivity contribution in [1.82, 2.24) is 20.2 Å². The van der Waals surface area contributed by atoms with Crippen LogP contribution in [0.3, 0.4) is 0 Å². The van der Waals surface area contributed by atoms with Gasteiger partial charge in [0.25, 0.3) is 0 Å². The summed E-state index contributed by atoms with van der Waals surface area (Å²) in [6, 6.07) is 0. The van der Waals surface area contributed by atoms with Crippen molar-refractivity contribution >= 4 is 23.5 Å². The van der Waals surface area contributed by atoms with Crippen LogP contribution in [-0.4, -0.2) is 59.9 Å². The fraction of sp³-hybridized carbons (Fsp3) is 0.562. The van der Waals surface area contributed by atoms with Crippen LogP contribution < -0.4 is 10.2 Å². The fourth-order valence-electron chi connectivity index (χ4n) is 3.04. The van der Waals surface area contributed by atoms with Gasteiger partial charge in [0, 0.05) is 38.3 Å². The molecule has 1 aromatic heterocycles. The predicted octanol–water partition coefficient (Wildman–Crippen LogP) is 1.72. The van der Waals surface area contributed by atoms with Crippen LogP contribution in [0.1, 0.15) is 23.9 Å². The SMILES string of the molecule is CSC(c1cnc(N2CCC(F)C2)cn1)N(C)C1=CC(=O)NCC1. The lowest BCUT2D eigenvalue weighted by molar-refractivity contribution is -0.117. The first-order chi connectivity index (χ1) is 11.6. The summed E-state index contributed by atoms with van der Waals surface area (Å²) in [5, 5.41) is 2.78. The van der Waals surface area contributed by atoms with Gasteiger partial charge in [-0.15, -0.1) is 11.8 Å². The minimum absolute atomic E-state index is 0.0174. The lowest BCUT2D eigenvalue weighted by atomic mass is 10.2. The molecular weight excluding hydrogens is 329 g/mol. The fourth-order valence-corrected chi connectivity index (χ4v) is 3.86. The molecule has 0 radical (unpaired) electrons. The second kappa shape index (κ2) is 7.38. The third kappa shape index (κ3) is 3.63. The van der Waals surface area contributed by atoms with E-state index in [1.54, 1.807) is 30.2 Å². The highest BCUT2D eigenvalue weighted by Crippen LogP contribution is 2.32. The molecule has 1 aromatic rings. The molecule has 0 saturated carbocycles. The molecule has 2 aliphatic heterocycles. The van der Waals surface area contributed by atoms with Gasteiger partial charge in [-0.2, -0.15) is 0 Å². The summed E-state index contributed by atoms with van der Waals surface area (Å²) in [5.41, 5.74) is 1.82. The number of amides is 1. The van der Waals surface area contributed by atoms with Crippen LogP contribution in [0.4, 0.5) is 10.2 Å². The highest BCUT2D eigenvalue weighted by atomic mass is 32.2. The number of aromatic nitrogens is 2. The number of halogens is 1. The van der Waals surface area contributed by atoms with Crippen molar-refractivity contribution in [3.8, 4) is 0 Å². The van der Waals surface area contributed by atoms with E-state index in [1.807, 2.05) is 18.2 Å². The van der Waals surface area contributed by atoms with E-state index < -0.39 is 6.17 Å². The van der Waals surface area contributed by atoms with Gasteiger partial charge in [-0.25, -0.2) is 9.37 Å². The van der Waals surface area contributed by atoms with E-state index in [9.17, 15) is 9.18 Å². The summed E-state index contributed by atoms with van der Waals surface area (Å²) >= 11 is 1.64. The molecule has 0 spiro atoms. The average molecular weight is 351 g/mol. The Hall–Kier alpha value is -1.83. The van der Waals surface area contributed by atoms with Crippen molar-refractivity contribution in [2.45, 2.75) is 24.4 Å². The number of alkyl halides is 1. The second-order valence-electron chi connectivity index (χ2n) is 6.01. The number of thioether (sulfide) groups is 1. The number of nitrogens with one attached hydrogen (secondary N) is 1. The molecular formula is C16H22FN5OS. The van der Waals surface area contributed by atoms with E-state index in [-0.39, 0.29) is 11.3 Å². The summed E-state index contributed by atoms with van der Waals surface area (Å²) in [7, 11) is 1.97. The van der Waals surface area contributed by atoms with Gasteiger partial charge < -0.3 is 15.1 Å². The van der Waals surface area contributed by atoms with Gasteiger partial charge in [0.1, 0.15) is 17.4 Å². The zero-order chi connectivity index (χ0) is 17.1. The summed E-state index contributed by atoms with van der Waals surface area (Å²) < 4.78 is 13.3. The van der Waals surface area contributed by atoms with Crippen LogP contribution in [0, 0.1) is 0 Å². The Bertz CT molecular complexity index is 623. The van der Waals surface area contributed by atoms with Crippen molar-refractivity contribution < 1.29 is 9.18 Å². The minimum Gasteiger partial charge on any atom is -0.360 e. The Morgan fingerprint density at radius 2 is 2.29 bits per heavy atom. The lowest BCUT2D eigenvalue weighted by Gasteiger charge is -2.31. The Kier molecular flexibility index (Phi) is 5.23. The Balaban J connectivity index is 1.74. The molecule has 2 unspecified atom stereocenters. The Morgan fingerprint density at radius 1 is 1.46 bits per heavy atom. The zero-order valence-electron chi connectivity index (χ0n) is 13.9. The first-order valence-electron chi connectivity index (χ1n) is 8.03. The Morgan fingerprint density at radius 3 is 2.88 bits per heavy atom. The molecule has 130 valence electrons. The Labute approximate surface area is 145 Å². The lowest BCUT2D eigenvalue weighted by Crippen LogP contribution is -2.33. The van der Waals surface area contributed by atoms with Gasteiger partial charge in [0.05, 0.1) is 24.6 Å². The van der Waals surface area contributed by atoms with Crippen molar-refractivity contribution in [2.75, 3.05) is 37.8 Å². The number of hydrogen-bond donors (Lipinski definition) is 1. The summed E-state index contributed by atoms with van der Waals surface area (Å²) in [6.07, 6.45) is 7.69. The number of hydrogen-bond acceptors (Lipinski definition) is 6. The molecule has 1 saturated heterocycles. The third-order valence-corrected chi connectivity index (χ3v) is 5.38. The molecule has 0 bridgehead atoms. The van der Waals surface area contributed by atoms with E-state index in [0.717, 1.165) is 23.6 Å². The summed E-state index contributed by atoms with van der Waals surface area (Å²) in [5.74, 6) is 0.664. The zero-order valence-corrected chi connectivity index (χ0v) is 14.7. The number of anilines is 1. The van der Waals surface area contributed by atoms with Crippen LogP contribution in [0.25, 0.3) is 0 Å². The monoisotopic (exact) mass is 351 g/mol. The van der Waals surface area contributed by atoms with Crippen molar-refractivity contribution in [3.05, 3.63) is 29.9 Å². The highest BCUT2D eigenvalue weighted by Gasteiger charge is 2.25. The quantitative estimate of drug-likeness (QED) is 0.815. The highest BCUT2D eigenvalue weighted by molar-refractivity contribution is 7.98. The van der Waals surface area contributed by atoms with Crippen LogP contribution in [0.5, 0.6) is 0 Å². The first-order valence-corrected chi connectivity index (χ1v) is 9.32. The molecule has 0 aromatic carbocycles. The van der Waals surface area contributed by atoms with Gasteiger partial charge >= 0.3 is 0 Å². The largest absolute Gasteiger partial charge is 0.360 e. The molecule has 24 heavy (non-hydrogen) atoms. The van der Waals surface area contributed by atoms with Gasteiger partial charge in [0.15, 0.2) is 0 Å². The maximum absolute atomic E-state index is 13.3. The minimum atomic E-state index is -0.777. The molecule has 3 rings (SSSR count). The smallest absolute Gasteiger partial charge is 0.245 e. The molecule has 1 fully saturated rings. The van der Waals surface area contributed by atoms with Gasteiger partial charge in [-0.1, -0.05) is 0 Å². The van der Waals surface area contributed by atoms with Crippen molar-refractivity contribution in [3.63, 3.8) is 0 Å². The molecule has 2 atom stereocenters. The van der Waals surface area contributed by atoms with Crippen LogP contribution in [0.15, 0.2) is 24.2 Å². The van der Waals surface area contributed by atoms with Crippen molar-refractivity contribution in [1.29, 1.82) is 0 Å².